The first-order chi connectivity index (χ1) is 15.9. The number of Topliss-reactive ketones (excluding diaryl/α,β-unsaturated/α-hetero) is 1. The summed E-state index contributed by atoms with van der Waals surface area (Å²) in [6.45, 7) is 6.53. The van der Waals surface area contributed by atoms with E-state index in [1.807, 2.05) is 39.0 Å². The van der Waals surface area contributed by atoms with E-state index in [1.54, 1.807) is 54.7 Å². The van der Waals surface area contributed by atoms with Crippen molar-refractivity contribution in [1.82, 2.24) is 4.98 Å². The summed E-state index contributed by atoms with van der Waals surface area (Å²) in [5, 5.41) is 11.3. The fourth-order valence-corrected chi connectivity index (χ4v) is 3.85. The molecule has 1 atom stereocenters. The number of hydrogen-bond acceptors (Lipinski definition) is 5. The Labute approximate surface area is 193 Å². The van der Waals surface area contributed by atoms with Crippen LogP contribution in [0.4, 0.5) is 5.69 Å². The van der Waals surface area contributed by atoms with Crippen LogP contribution in [0.1, 0.15) is 36.7 Å². The van der Waals surface area contributed by atoms with Crippen molar-refractivity contribution in [2.75, 3.05) is 11.5 Å². The van der Waals surface area contributed by atoms with Crippen LogP contribution in [-0.2, 0) is 9.59 Å². The number of pyridine rings is 1. The number of benzene rings is 2. The summed E-state index contributed by atoms with van der Waals surface area (Å²) in [6.07, 6.45) is 1.60. The second kappa shape index (κ2) is 9.28. The molecule has 1 fully saturated rings. The highest BCUT2D eigenvalue weighted by Crippen LogP contribution is 2.41. The van der Waals surface area contributed by atoms with Gasteiger partial charge in [0.1, 0.15) is 17.6 Å². The van der Waals surface area contributed by atoms with Crippen LogP contribution in [0.5, 0.6) is 5.75 Å². The van der Waals surface area contributed by atoms with Crippen LogP contribution in [0.25, 0.3) is 5.76 Å². The standard InChI is InChI=1S/C27H26N2O4/c1-17(2)16-33-21-11-7-9-19(15-21)25(30)23-24(22-12-4-5-13-28-22)29(27(32)26(23)31)20-10-6-8-18(3)14-20/h4-15,17,24,30H,16H2,1-3H3/b25-23+. The van der Waals surface area contributed by atoms with E-state index in [0.717, 1.165) is 5.56 Å². The third-order valence-electron chi connectivity index (χ3n) is 5.38. The van der Waals surface area contributed by atoms with E-state index in [9.17, 15) is 14.7 Å². The quantitative estimate of drug-likeness (QED) is 0.328. The zero-order chi connectivity index (χ0) is 23.5. The van der Waals surface area contributed by atoms with Gasteiger partial charge in [-0.3, -0.25) is 19.5 Å². The van der Waals surface area contributed by atoms with Gasteiger partial charge in [-0.05, 0) is 54.8 Å². The van der Waals surface area contributed by atoms with Gasteiger partial charge in [-0.1, -0.05) is 44.2 Å². The molecule has 168 valence electrons. The number of amides is 1. The predicted molar refractivity (Wildman–Crippen MR) is 127 cm³/mol. The van der Waals surface area contributed by atoms with Gasteiger partial charge in [0.05, 0.1) is 17.9 Å². The molecule has 6 heteroatoms. The highest BCUT2D eigenvalue weighted by Gasteiger charge is 2.47. The van der Waals surface area contributed by atoms with Gasteiger partial charge >= 0.3 is 0 Å². The maximum atomic E-state index is 13.2. The van der Waals surface area contributed by atoms with E-state index in [2.05, 4.69) is 4.98 Å². The zero-order valence-corrected chi connectivity index (χ0v) is 18.9. The van der Waals surface area contributed by atoms with Crippen LogP contribution in [0, 0.1) is 12.8 Å². The van der Waals surface area contributed by atoms with Crippen molar-refractivity contribution in [3.63, 3.8) is 0 Å². The maximum absolute atomic E-state index is 13.2. The number of aliphatic hydroxyl groups is 1. The Kier molecular flexibility index (Phi) is 6.27. The number of carbonyl (C=O) groups excluding carboxylic acids is 2. The molecule has 1 aliphatic rings. The van der Waals surface area contributed by atoms with Gasteiger partial charge in [0.25, 0.3) is 11.7 Å². The minimum absolute atomic E-state index is 0.00113. The Morgan fingerprint density at radius 1 is 1.06 bits per heavy atom. The number of anilines is 1. The lowest BCUT2D eigenvalue weighted by Crippen LogP contribution is -2.29. The van der Waals surface area contributed by atoms with E-state index in [0.29, 0.717) is 35.2 Å². The lowest BCUT2D eigenvalue weighted by Gasteiger charge is -2.25. The first-order valence-electron chi connectivity index (χ1n) is 10.9. The summed E-state index contributed by atoms with van der Waals surface area (Å²) >= 11 is 0. The Morgan fingerprint density at radius 2 is 1.85 bits per heavy atom. The zero-order valence-electron chi connectivity index (χ0n) is 18.9. The summed E-state index contributed by atoms with van der Waals surface area (Å²) in [4.78, 5) is 32.2. The van der Waals surface area contributed by atoms with Crippen LogP contribution in [0.3, 0.4) is 0 Å². The molecule has 2 heterocycles. The van der Waals surface area contributed by atoms with Crippen LogP contribution in [0.15, 0.2) is 78.5 Å². The van der Waals surface area contributed by atoms with Crippen molar-refractivity contribution in [2.45, 2.75) is 26.8 Å². The monoisotopic (exact) mass is 442 g/mol. The lowest BCUT2D eigenvalue weighted by molar-refractivity contribution is -0.132. The second-order valence-corrected chi connectivity index (χ2v) is 8.50. The molecule has 0 spiro atoms. The molecule has 0 bridgehead atoms. The van der Waals surface area contributed by atoms with Crippen molar-refractivity contribution in [3.8, 4) is 5.75 Å². The van der Waals surface area contributed by atoms with E-state index < -0.39 is 17.7 Å². The number of nitrogens with zero attached hydrogens (tertiary/aromatic N) is 2. The van der Waals surface area contributed by atoms with E-state index >= 15 is 0 Å². The van der Waals surface area contributed by atoms with Gasteiger partial charge < -0.3 is 9.84 Å². The number of aryl methyl sites for hydroxylation is 1. The van der Waals surface area contributed by atoms with Crippen LogP contribution in [-0.4, -0.2) is 28.4 Å². The molecular weight excluding hydrogens is 416 g/mol. The maximum Gasteiger partial charge on any atom is 0.300 e. The van der Waals surface area contributed by atoms with Crippen molar-refractivity contribution >= 4 is 23.1 Å². The molecule has 0 radical (unpaired) electrons. The Balaban J connectivity index is 1.85. The number of hydrogen-bond donors (Lipinski definition) is 1. The van der Waals surface area contributed by atoms with Crippen molar-refractivity contribution in [3.05, 3.63) is 95.3 Å². The second-order valence-electron chi connectivity index (χ2n) is 8.50. The SMILES string of the molecule is Cc1cccc(N2C(=O)C(=O)/C(=C(/O)c3cccc(OCC(C)C)c3)C2c2ccccn2)c1. The molecule has 4 rings (SSSR count). The molecule has 2 aromatic carbocycles. The molecule has 1 N–H and O–H groups in total. The average molecular weight is 443 g/mol. The highest BCUT2D eigenvalue weighted by atomic mass is 16.5. The number of rotatable bonds is 6. The molecule has 0 aliphatic carbocycles. The lowest BCUT2D eigenvalue weighted by atomic mass is 9.98. The van der Waals surface area contributed by atoms with Crippen molar-refractivity contribution in [1.29, 1.82) is 0 Å². The normalized spacial score (nSPS) is 17.6. The molecule has 1 amide bonds. The van der Waals surface area contributed by atoms with Crippen LogP contribution >= 0.6 is 0 Å². The molecule has 0 saturated carbocycles. The first-order valence-corrected chi connectivity index (χ1v) is 10.9. The Hall–Kier alpha value is -3.93. The number of aromatic nitrogens is 1. The van der Waals surface area contributed by atoms with Gasteiger partial charge in [0, 0.05) is 17.4 Å². The summed E-state index contributed by atoms with van der Waals surface area (Å²) in [6, 6.07) is 18.7. The molecule has 3 aromatic rings. The molecular formula is C27H26N2O4. The average Bonchev–Trinajstić information content (AvgIpc) is 3.08. The fraction of sp³-hybridized carbons (Fsp3) is 0.222. The minimum Gasteiger partial charge on any atom is -0.507 e. The highest BCUT2D eigenvalue weighted by molar-refractivity contribution is 6.51. The molecule has 33 heavy (non-hydrogen) atoms. The summed E-state index contributed by atoms with van der Waals surface area (Å²) in [5.74, 6) is -0.793. The van der Waals surface area contributed by atoms with Crippen LogP contribution < -0.4 is 9.64 Å². The largest absolute Gasteiger partial charge is 0.507 e. The van der Waals surface area contributed by atoms with Gasteiger partial charge in [-0.2, -0.15) is 0 Å². The van der Waals surface area contributed by atoms with Gasteiger partial charge in [0.2, 0.25) is 0 Å². The molecule has 1 aromatic heterocycles. The minimum atomic E-state index is -0.853. The summed E-state index contributed by atoms with van der Waals surface area (Å²) in [5.41, 5.74) is 2.41. The van der Waals surface area contributed by atoms with E-state index in [4.69, 9.17) is 4.74 Å². The van der Waals surface area contributed by atoms with E-state index in [1.165, 1.54) is 4.90 Å². The molecule has 1 aliphatic heterocycles. The molecule has 1 unspecified atom stereocenters. The third-order valence-corrected chi connectivity index (χ3v) is 5.38. The number of aliphatic hydroxyl groups excluding tert-OH is 1. The Morgan fingerprint density at radius 3 is 2.55 bits per heavy atom. The fourth-order valence-electron chi connectivity index (χ4n) is 3.85. The first kappa shape index (κ1) is 22.3. The smallest absolute Gasteiger partial charge is 0.300 e. The Bertz CT molecular complexity index is 1220. The van der Waals surface area contributed by atoms with Gasteiger partial charge in [-0.25, -0.2) is 0 Å². The predicted octanol–water partition coefficient (Wildman–Crippen LogP) is 5.05. The topological polar surface area (TPSA) is 79.7 Å². The van der Waals surface area contributed by atoms with E-state index in [-0.39, 0.29) is 11.3 Å². The summed E-state index contributed by atoms with van der Waals surface area (Å²) < 4.78 is 5.78. The summed E-state index contributed by atoms with van der Waals surface area (Å²) in [7, 11) is 0. The molecule has 1 saturated heterocycles. The van der Waals surface area contributed by atoms with Crippen molar-refractivity contribution < 1.29 is 19.4 Å². The number of ether oxygens (including phenoxy) is 1. The number of carbonyl (C=O) groups is 2. The van der Waals surface area contributed by atoms with Crippen molar-refractivity contribution in [2.24, 2.45) is 5.92 Å². The molecule has 6 nitrogen and oxygen atoms in total. The number of ketones is 1. The van der Waals surface area contributed by atoms with Gasteiger partial charge in [0.15, 0.2) is 0 Å². The van der Waals surface area contributed by atoms with Crippen LogP contribution in [0.2, 0.25) is 0 Å². The van der Waals surface area contributed by atoms with Gasteiger partial charge in [-0.15, -0.1) is 0 Å². The third kappa shape index (κ3) is 4.51.